The second kappa shape index (κ2) is 34.8. The van der Waals surface area contributed by atoms with Gasteiger partial charge in [0.15, 0.2) is 0 Å². The number of halogens is 3. The highest BCUT2D eigenvalue weighted by molar-refractivity contribution is 9.09. The first kappa shape index (κ1) is 44.8. The van der Waals surface area contributed by atoms with Crippen molar-refractivity contribution in [2.75, 3.05) is 30.2 Å². The molecule has 0 atom stereocenters. The number of hydrogen-bond donors (Lipinski definition) is 0. The number of ether oxygens (including phenoxy) is 2. The summed E-state index contributed by atoms with van der Waals surface area (Å²) in [5.41, 5.74) is -0.124. The fourth-order valence-electron chi connectivity index (χ4n) is 4.25. The van der Waals surface area contributed by atoms with Gasteiger partial charge in [0.2, 0.25) is 0 Å². The van der Waals surface area contributed by atoms with Crippen molar-refractivity contribution in [3.8, 4) is 0 Å². The summed E-state index contributed by atoms with van der Waals surface area (Å²) in [7, 11) is 21.0. The smallest absolute Gasteiger partial charge is 0.311 e. The number of hydrogen-bond acceptors (Lipinski definition) is 4. The lowest BCUT2D eigenvalue weighted by molar-refractivity contribution is -0.153. The van der Waals surface area contributed by atoms with Crippen LogP contribution in [0, 0.1) is 11.3 Å². The lowest BCUT2D eigenvalue weighted by atomic mass is 9.40. The van der Waals surface area contributed by atoms with Crippen molar-refractivity contribution in [3.05, 3.63) is 0 Å². The molecule has 2 aliphatic rings. The van der Waals surface area contributed by atoms with Crippen molar-refractivity contribution >= 4 is 106 Å². The minimum Gasteiger partial charge on any atom is -0.469 e. The summed E-state index contributed by atoms with van der Waals surface area (Å²) in [5, 5.41) is 3.37. The van der Waals surface area contributed by atoms with Gasteiger partial charge in [-0.15, -0.1) is 0 Å². The average molecular weight is 700 g/mol. The molecule has 12 radical (unpaired) electrons. The summed E-state index contributed by atoms with van der Waals surface area (Å²) in [4.78, 5) is 22.6. The van der Waals surface area contributed by atoms with Crippen molar-refractivity contribution in [1.29, 1.82) is 0 Å². The van der Waals surface area contributed by atoms with Gasteiger partial charge in [0, 0.05) is 62.4 Å². The maximum atomic E-state index is 11.8. The predicted octanol–water partition coefficient (Wildman–Crippen LogP) is 5.69. The van der Waals surface area contributed by atoms with E-state index in [0.717, 1.165) is 61.6 Å². The van der Waals surface area contributed by atoms with Crippen LogP contribution in [0.3, 0.4) is 0 Å². The topological polar surface area (TPSA) is 52.6 Å². The number of esters is 2. The van der Waals surface area contributed by atoms with Gasteiger partial charge in [0.25, 0.3) is 0 Å². The van der Waals surface area contributed by atoms with E-state index in [4.69, 9.17) is 4.74 Å². The fraction of sp³-hybridized carbons (Fsp3) is 0.917. The third kappa shape index (κ3) is 25.5. The highest BCUT2D eigenvalue weighted by Gasteiger charge is 2.41. The molecule has 0 saturated heterocycles. The molecule has 0 N–H and O–H groups in total. The Morgan fingerprint density at radius 1 is 0.784 bits per heavy atom. The minimum absolute atomic E-state index is 0. The molecule has 2 rings (SSSR count). The van der Waals surface area contributed by atoms with Gasteiger partial charge in [-0.05, 0) is 51.4 Å². The van der Waals surface area contributed by atoms with Crippen LogP contribution in [0.5, 0.6) is 0 Å². The third-order valence-electron chi connectivity index (χ3n) is 6.12. The lowest BCUT2D eigenvalue weighted by Crippen LogP contribution is -2.29. The van der Waals surface area contributed by atoms with Gasteiger partial charge >= 0.3 is 11.9 Å². The quantitative estimate of drug-likeness (QED) is 0.121. The van der Waals surface area contributed by atoms with Crippen molar-refractivity contribution in [3.63, 3.8) is 0 Å². The molecule has 0 unspecified atom stereocenters. The molecule has 202 valence electrons. The summed E-state index contributed by atoms with van der Waals surface area (Å²) < 4.78 is 9.54. The maximum absolute atomic E-state index is 11.8. The van der Waals surface area contributed by atoms with Gasteiger partial charge in [0.05, 0.1) is 25.6 Å². The second-order valence-electron chi connectivity index (χ2n) is 8.61. The summed E-state index contributed by atoms with van der Waals surface area (Å²) >= 11 is 10.2. The number of unbranched alkanes of at least 4 members (excludes halogenated alkanes) is 4. The van der Waals surface area contributed by atoms with E-state index in [9.17, 15) is 9.59 Å². The van der Waals surface area contributed by atoms with E-state index >= 15 is 0 Å². The average Bonchev–Trinajstić information content (AvgIpc) is 3.62. The largest absolute Gasteiger partial charge is 0.469 e. The van der Waals surface area contributed by atoms with Crippen LogP contribution in [-0.2, 0) is 19.1 Å². The molecule has 0 aliphatic heterocycles. The molecule has 4 nitrogen and oxygen atoms in total. The number of rotatable bonds is 11. The van der Waals surface area contributed by atoms with Crippen LogP contribution in [0.1, 0.15) is 96.3 Å². The molecular formula is C24H43B6Br3O4. The molecule has 2 aliphatic carbocycles. The van der Waals surface area contributed by atoms with E-state index in [2.05, 4.69) is 83.5 Å². The SMILES string of the molecule is BrCCCCCBr.COC(=O)C1(CCCCCBr)CCCC1.COC(=O)C1CCCC1.[B].[B][B].[B][B][B]. The zero-order valence-electron chi connectivity index (χ0n) is 23.0. The molecule has 0 amide bonds. The molecule has 0 bridgehead atoms. The molecule has 13 heteroatoms. The molecule has 2 fully saturated rings. The first-order chi connectivity index (χ1) is 17.4. The Balaban J connectivity index is -0.000000213. The maximum Gasteiger partial charge on any atom is 0.311 e. The highest BCUT2D eigenvalue weighted by atomic mass is 79.9. The van der Waals surface area contributed by atoms with Crippen LogP contribution in [0.25, 0.3) is 0 Å². The first-order valence-electron chi connectivity index (χ1n) is 12.9. The Bertz CT molecular complexity index is 481. The molecule has 2 saturated carbocycles. The van der Waals surface area contributed by atoms with Gasteiger partial charge in [-0.2, -0.15) is 0 Å². The first-order valence-corrected chi connectivity index (χ1v) is 16.2. The molecule has 37 heavy (non-hydrogen) atoms. The Kier molecular flexibility index (Phi) is 42.1. The van der Waals surface area contributed by atoms with Crippen LogP contribution in [0.4, 0.5) is 0 Å². The van der Waals surface area contributed by atoms with Crippen molar-refractivity contribution in [2.24, 2.45) is 11.3 Å². The molecule has 0 heterocycles. The van der Waals surface area contributed by atoms with Crippen LogP contribution < -0.4 is 0 Å². The number of alkyl halides is 3. The van der Waals surface area contributed by atoms with E-state index < -0.39 is 0 Å². The molecular weight excluding hydrogens is 657 g/mol. The van der Waals surface area contributed by atoms with Gasteiger partial charge in [-0.25, -0.2) is 0 Å². The van der Waals surface area contributed by atoms with Crippen molar-refractivity contribution < 1.29 is 19.1 Å². The summed E-state index contributed by atoms with van der Waals surface area (Å²) in [6.07, 6.45) is 17.5. The Hall–Kier alpha value is 0.770. The monoisotopic (exact) mass is 698 g/mol. The Morgan fingerprint density at radius 2 is 1.19 bits per heavy atom. The predicted molar refractivity (Wildman–Crippen MR) is 175 cm³/mol. The number of carbonyl (C=O) groups excluding carboxylic acids is 2. The lowest BCUT2D eigenvalue weighted by Gasteiger charge is -2.25. The summed E-state index contributed by atoms with van der Waals surface area (Å²) in [6.45, 7) is 0. The summed E-state index contributed by atoms with van der Waals surface area (Å²) in [6, 6.07) is 0. The van der Waals surface area contributed by atoms with E-state index in [1.807, 2.05) is 0 Å². The van der Waals surface area contributed by atoms with E-state index in [-0.39, 0.29) is 31.7 Å². The molecule has 0 aromatic carbocycles. The zero-order valence-corrected chi connectivity index (χ0v) is 27.8. The normalized spacial score (nSPS) is 14.8. The van der Waals surface area contributed by atoms with Crippen LogP contribution in [0.15, 0.2) is 0 Å². The van der Waals surface area contributed by atoms with Crippen molar-refractivity contribution in [1.82, 2.24) is 0 Å². The molecule has 0 aromatic heterocycles. The van der Waals surface area contributed by atoms with Gasteiger partial charge in [-0.1, -0.05) is 92.7 Å². The minimum atomic E-state index is -0.124. The highest BCUT2D eigenvalue weighted by Crippen LogP contribution is 2.43. The second-order valence-corrected chi connectivity index (χ2v) is 11.0. The standard InChI is InChI=1S/C12H21BrO2.C7H12O2.C5H10Br2.B3.B2.B/c1-15-11(14)12(8-4-5-9-12)7-3-2-6-10-13;1-9-7(8)6-4-2-3-5-6;6-4-2-1-3-5-7;1-3-2;1-2;/h2-10H2,1H3;6H,2-5H2,1H3;1-5H2;;;. The van der Waals surface area contributed by atoms with Crippen LogP contribution >= 0.6 is 47.8 Å². The van der Waals surface area contributed by atoms with Gasteiger partial charge < -0.3 is 9.47 Å². The third-order valence-corrected chi connectivity index (χ3v) is 7.81. The molecule has 0 spiro atoms. The fourth-order valence-corrected chi connectivity index (χ4v) is 5.44. The Labute approximate surface area is 261 Å². The number of carbonyl (C=O) groups is 2. The van der Waals surface area contributed by atoms with Crippen molar-refractivity contribution in [2.45, 2.75) is 96.3 Å². The van der Waals surface area contributed by atoms with Crippen LogP contribution in [-0.4, -0.2) is 88.6 Å². The van der Waals surface area contributed by atoms with E-state index in [0.29, 0.717) is 0 Å². The Morgan fingerprint density at radius 3 is 1.54 bits per heavy atom. The van der Waals surface area contributed by atoms with Gasteiger partial charge in [0.1, 0.15) is 0 Å². The van der Waals surface area contributed by atoms with Gasteiger partial charge in [-0.3, -0.25) is 9.59 Å². The number of methoxy groups -OCH3 is 2. The van der Waals surface area contributed by atoms with E-state index in [1.54, 1.807) is 0 Å². The van der Waals surface area contributed by atoms with E-state index in [1.165, 1.54) is 72.0 Å². The molecule has 0 aromatic rings. The van der Waals surface area contributed by atoms with Crippen LogP contribution in [0.2, 0.25) is 0 Å². The summed E-state index contributed by atoms with van der Waals surface area (Å²) in [5.74, 6) is 0.223. The zero-order chi connectivity index (χ0) is 28.1.